The first kappa shape index (κ1) is 23.0. The summed E-state index contributed by atoms with van der Waals surface area (Å²) in [6.07, 6.45) is 4.77. The van der Waals surface area contributed by atoms with Crippen LogP contribution in [-0.4, -0.2) is 59.3 Å². The number of carbonyl (C=O) groups is 2. The summed E-state index contributed by atoms with van der Waals surface area (Å²) in [7, 11) is 0. The number of hydrogen-bond donors (Lipinski definition) is 0. The quantitative estimate of drug-likeness (QED) is 0.626. The predicted molar refractivity (Wildman–Crippen MR) is 125 cm³/mol. The van der Waals surface area contributed by atoms with Gasteiger partial charge in [-0.25, -0.2) is 4.68 Å². The third-order valence-electron chi connectivity index (χ3n) is 6.59. The number of benzene rings is 1. The van der Waals surface area contributed by atoms with Gasteiger partial charge in [0.1, 0.15) is 0 Å². The molecule has 0 spiro atoms. The Hall–Kier alpha value is -3.16. The van der Waals surface area contributed by atoms with E-state index in [1.165, 1.54) is 4.68 Å². The van der Waals surface area contributed by atoms with E-state index in [1.807, 2.05) is 42.2 Å². The number of rotatable bonds is 6. The smallest absolute Gasteiger partial charge is 0.309 e. The van der Waals surface area contributed by atoms with Gasteiger partial charge in [0, 0.05) is 32.2 Å². The number of hydrogen-bond acceptors (Lipinski definition) is 6. The second kappa shape index (κ2) is 10.6. The summed E-state index contributed by atoms with van der Waals surface area (Å²) in [4.78, 5) is 41.8. The molecule has 2 aliphatic rings. The van der Waals surface area contributed by atoms with E-state index in [0.717, 1.165) is 30.6 Å². The van der Waals surface area contributed by atoms with Crippen LogP contribution in [0.5, 0.6) is 0 Å². The fourth-order valence-corrected chi connectivity index (χ4v) is 4.74. The zero-order valence-electron chi connectivity index (χ0n) is 19.2. The van der Waals surface area contributed by atoms with Gasteiger partial charge in [0.25, 0.3) is 5.56 Å². The molecule has 2 fully saturated rings. The van der Waals surface area contributed by atoms with Crippen molar-refractivity contribution in [3.8, 4) is 0 Å². The van der Waals surface area contributed by atoms with Crippen LogP contribution in [0.15, 0.2) is 47.4 Å². The standard InChI is InChI=1S/C25H32N4O4/c1-2-33-25(32)20-10-13-27(14-11-20)24(31)21-9-6-12-28(18-21)22-15-23(30)29(26-16-22)17-19-7-4-3-5-8-19/h3-5,7-8,15-16,20-21H,2,6,9-14,17-18H2,1H3/t21-/m0/s1. The monoisotopic (exact) mass is 452 g/mol. The lowest BCUT2D eigenvalue weighted by Crippen LogP contribution is -2.48. The molecule has 0 unspecified atom stereocenters. The molecule has 2 saturated heterocycles. The van der Waals surface area contributed by atoms with Gasteiger partial charge in [-0.15, -0.1) is 0 Å². The SMILES string of the molecule is CCOC(=O)C1CCN(C(=O)[C@H]2CCCN(c3cnn(Cc4ccccc4)c(=O)c3)C2)CC1. The van der Waals surface area contributed by atoms with E-state index in [0.29, 0.717) is 45.6 Å². The topological polar surface area (TPSA) is 84.7 Å². The molecule has 1 amide bonds. The van der Waals surface area contributed by atoms with Gasteiger partial charge in [0.05, 0.1) is 36.9 Å². The largest absolute Gasteiger partial charge is 0.466 e. The number of carbonyl (C=O) groups excluding carboxylic acids is 2. The Morgan fingerprint density at radius 2 is 1.82 bits per heavy atom. The summed E-state index contributed by atoms with van der Waals surface area (Å²) < 4.78 is 6.58. The van der Waals surface area contributed by atoms with E-state index in [4.69, 9.17) is 4.74 Å². The molecule has 0 radical (unpaired) electrons. The number of aromatic nitrogens is 2. The van der Waals surface area contributed by atoms with Gasteiger partial charge in [0.15, 0.2) is 0 Å². The van der Waals surface area contributed by atoms with E-state index in [1.54, 1.807) is 12.3 Å². The molecular formula is C25H32N4O4. The summed E-state index contributed by atoms with van der Waals surface area (Å²) >= 11 is 0. The van der Waals surface area contributed by atoms with Crippen molar-refractivity contribution in [2.45, 2.75) is 39.2 Å². The van der Waals surface area contributed by atoms with Crippen LogP contribution in [0.1, 0.15) is 38.2 Å². The highest BCUT2D eigenvalue weighted by atomic mass is 16.5. The molecule has 0 saturated carbocycles. The second-order valence-corrected chi connectivity index (χ2v) is 8.83. The predicted octanol–water partition coefficient (Wildman–Crippen LogP) is 2.31. The summed E-state index contributed by atoms with van der Waals surface area (Å²) in [6.45, 7) is 5.21. The van der Waals surface area contributed by atoms with Crippen LogP contribution in [-0.2, 0) is 20.9 Å². The Labute approximate surface area is 194 Å². The minimum absolute atomic E-state index is 0.106. The lowest BCUT2D eigenvalue weighted by atomic mass is 9.92. The zero-order chi connectivity index (χ0) is 23.2. The Balaban J connectivity index is 1.35. The van der Waals surface area contributed by atoms with Crippen molar-refractivity contribution in [3.63, 3.8) is 0 Å². The third-order valence-corrected chi connectivity index (χ3v) is 6.59. The zero-order valence-corrected chi connectivity index (χ0v) is 19.2. The van der Waals surface area contributed by atoms with Gasteiger partial charge >= 0.3 is 5.97 Å². The van der Waals surface area contributed by atoms with Crippen LogP contribution in [0.4, 0.5) is 5.69 Å². The number of nitrogens with zero attached hydrogens (tertiary/aromatic N) is 4. The molecule has 2 aromatic rings. The lowest BCUT2D eigenvalue weighted by molar-refractivity contribution is -0.151. The minimum atomic E-state index is -0.150. The molecule has 1 aromatic heterocycles. The van der Waals surface area contributed by atoms with Crippen LogP contribution in [0, 0.1) is 11.8 Å². The van der Waals surface area contributed by atoms with E-state index in [-0.39, 0.29) is 29.3 Å². The summed E-state index contributed by atoms with van der Waals surface area (Å²) in [5, 5.41) is 4.37. The maximum Gasteiger partial charge on any atom is 0.309 e. The van der Waals surface area contributed by atoms with Crippen LogP contribution >= 0.6 is 0 Å². The number of ether oxygens (including phenoxy) is 1. The Morgan fingerprint density at radius 1 is 1.06 bits per heavy atom. The number of likely N-dealkylation sites (tertiary alicyclic amines) is 1. The fraction of sp³-hybridized carbons (Fsp3) is 0.520. The Kier molecular flexibility index (Phi) is 7.42. The van der Waals surface area contributed by atoms with Gasteiger partial charge in [-0.2, -0.15) is 5.10 Å². The highest BCUT2D eigenvalue weighted by Gasteiger charge is 2.33. The molecule has 1 aromatic carbocycles. The van der Waals surface area contributed by atoms with Gasteiger partial charge in [-0.05, 0) is 38.2 Å². The molecule has 8 nitrogen and oxygen atoms in total. The highest BCUT2D eigenvalue weighted by Crippen LogP contribution is 2.26. The Morgan fingerprint density at radius 3 is 2.52 bits per heavy atom. The Bertz CT molecular complexity index is 1010. The van der Waals surface area contributed by atoms with Crippen molar-refractivity contribution in [2.75, 3.05) is 37.7 Å². The van der Waals surface area contributed by atoms with Crippen LogP contribution < -0.4 is 10.5 Å². The minimum Gasteiger partial charge on any atom is -0.466 e. The molecule has 2 aliphatic heterocycles. The maximum absolute atomic E-state index is 13.2. The number of esters is 1. The van der Waals surface area contributed by atoms with Gasteiger partial charge in [-0.1, -0.05) is 30.3 Å². The third kappa shape index (κ3) is 5.61. The number of amides is 1. The van der Waals surface area contributed by atoms with E-state index >= 15 is 0 Å². The van der Waals surface area contributed by atoms with E-state index < -0.39 is 0 Å². The first-order valence-electron chi connectivity index (χ1n) is 11.9. The molecule has 0 bridgehead atoms. The van der Waals surface area contributed by atoms with Gasteiger partial charge in [-0.3, -0.25) is 14.4 Å². The molecule has 0 N–H and O–H groups in total. The first-order valence-corrected chi connectivity index (χ1v) is 11.9. The highest BCUT2D eigenvalue weighted by molar-refractivity contribution is 5.80. The van der Waals surface area contributed by atoms with Gasteiger partial charge < -0.3 is 14.5 Å². The fourth-order valence-electron chi connectivity index (χ4n) is 4.74. The maximum atomic E-state index is 13.2. The van der Waals surface area contributed by atoms with Crippen molar-refractivity contribution in [2.24, 2.45) is 11.8 Å². The first-order chi connectivity index (χ1) is 16.0. The van der Waals surface area contributed by atoms with Gasteiger partial charge in [0.2, 0.25) is 5.91 Å². The van der Waals surface area contributed by atoms with E-state index in [9.17, 15) is 14.4 Å². The average Bonchev–Trinajstić information content (AvgIpc) is 2.86. The summed E-state index contributed by atoms with van der Waals surface area (Å²) in [5.74, 6) is -0.217. The molecule has 0 aliphatic carbocycles. The summed E-state index contributed by atoms with van der Waals surface area (Å²) in [6, 6.07) is 11.4. The van der Waals surface area contributed by atoms with Crippen molar-refractivity contribution in [1.29, 1.82) is 0 Å². The normalized spacial score (nSPS) is 19.4. The average molecular weight is 453 g/mol. The molecule has 33 heavy (non-hydrogen) atoms. The molecule has 1 atom stereocenters. The van der Waals surface area contributed by atoms with Crippen LogP contribution in [0.2, 0.25) is 0 Å². The van der Waals surface area contributed by atoms with Crippen molar-refractivity contribution in [1.82, 2.24) is 14.7 Å². The van der Waals surface area contributed by atoms with Crippen molar-refractivity contribution in [3.05, 3.63) is 58.5 Å². The molecule has 3 heterocycles. The number of piperidine rings is 2. The van der Waals surface area contributed by atoms with Crippen molar-refractivity contribution >= 4 is 17.6 Å². The molecule has 4 rings (SSSR count). The lowest BCUT2D eigenvalue weighted by Gasteiger charge is -2.38. The van der Waals surface area contributed by atoms with E-state index in [2.05, 4.69) is 10.00 Å². The van der Waals surface area contributed by atoms with Crippen molar-refractivity contribution < 1.29 is 14.3 Å². The molecule has 176 valence electrons. The molecular weight excluding hydrogens is 420 g/mol. The molecule has 8 heteroatoms. The van der Waals surface area contributed by atoms with Crippen LogP contribution in [0.3, 0.4) is 0 Å². The summed E-state index contributed by atoms with van der Waals surface area (Å²) in [5.41, 5.74) is 1.64. The number of anilines is 1. The second-order valence-electron chi connectivity index (χ2n) is 8.83. The van der Waals surface area contributed by atoms with Crippen LogP contribution in [0.25, 0.3) is 0 Å².